The van der Waals surface area contributed by atoms with Gasteiger partial charge in [-0.1, -0.05) is 11.6 Å². The van der Waals surface area contributed by atoms with E-state index in [4.69, 9.17) is 11.6 Å². The summed E-state index contributed by atoms with van der Waals surface area (Å²) in [4.78, 5) is 0. The third-order valence-corrected chi connectivity index (χ3v) is 4.53. The van der Waals surface area contributed by atoms with Crippen molar-refractivity contribution in [3.63, 3.8) is 0 Å². The van der Waals surface area contributed by atoms with E-state index >= 15 is 0 Å². The van der Waals surface area contributed by atoms with E-state index in [0.717, 1.165) is 10.2 Å². The van der Waals surface area contributed by atoms with Crippen molar-refractivity contribution >= 4 is 39.3 Å². The van der Waals surface area contributed by atoms with Crippen LogP contribution in [0.4, 0.5) is 0 Å². The normalized spacial score (nSPS) is 18.4. The van der Waals surface area contributed by atoms with E-state index in [1.165, 1.54) is 24.3 Å². The average molecular weight is 294 g/mol. The number of thioether (sulfide) groups is 1. The number of hydrogen-bond acceptors (Lipinski definition) is 3. The van der Waals surface area contributed by atoms with Crippen LogP contribution in [0.5, 0.6) is 0 Å². The topological polar surface area (TPSA) is 25.8 Å². The highest BCUT2D eigenvalue weighted by Crippen LogP contribution is 2.32. The standard InChI is InChI=1S/C9H10BrClN2S/c10-7-5-8(12-13-9(7)11)6-1-3-14-4-2-6/h5-6H,1-4H2. The molecule has 1 saturated heterocycles. The summed E-state index contributed by atoms with van der Waals surface area (Å²) in [6, 6.07) is 2.00. The first-order valence-electron chi connectivity index (χ1n) is 4.54. The predicted molar refractivity (Wildman–Crippen MR) is 64.0 cm³/mol. The fourth-order valence-corrected chi connectivity index (χ4v) is 3.07. The molecule has 0 spiro atoms. The second-order valence-corrected chi connectivity index (χ2v) is 5.73. The molecule has 0 aliphatic carbocycles. The smallest absolute Gasteiger partial charge is 0.162 e. The van der Waals surface area contributed by atoms with Crippen LogP contribution in [-0.4, -0.2) is 21.7 Å². The van der Waals surface area contributed by atoms with Gasteiger partial charge in [-0.3, -0.25) is 0 Å². The van der Waals surface area contributed by atoms with Gasteiger partial charge in [0.15, 0.2) is 5.15 Å². The largest absolute Gasteiger partial charge is 0.165 e. The summed E-state index contributed by atoms with van der Waals surface area (Å²) in [5, 5.41) is 8.50. The molecule has 14 heavy (non-hydrogen) atoms. The van der Waals surface area contributed by atoms with Crippen molar-refractivity contribution in [3.05, 3.63) is 21.4 Å². The molecule has 1 aromatic rings. The van der Waals surface area contributed by atoms with Gasteiger partial charge >= 0.3 is 0 Å². The summed E-state index contributed by atoms with van der Waals surface area (Å²) in [7, 11) is 0. The first-order valence-corrected chi connectivity index (χ1v) is 6.86. The number of aromatic nitrogens is 2. The predicted octanol–water partition coefficient (Wildman–Crippen LogP) is 3.50. The van der Waals surface area contributed by atoms with Gasteiger partial charge < -0.3 is 0 Å². The monoisotopic (exact) mass is 292 g/mol. The Morgan fingerprint density at radius 1 is 1.36 bits per heavy atom. The molecule has 0 saturated carbocycles. The number of rotatable bonds is 1. The summed E-state index contributed by atoms with van der Waals surface area (Å²) in [5.74, 6) is 3.02. The van der Waals surface area contributed by atoms with E-state index in [1.807, 2.05) is 17.8 Å². The lowest BCUT2D eigenvalue weighted by Gasteiger charge is -2.20. The Bertz CT molecular complexity index is 329. The molecular weight excluding hydrogens is 284 g/mol. The van der Waals surface area contributed by atoms with Crippen LogP contribution in [0.15, 0.2) is 10.5 Å². The van der Waals surface area contributed by atoms with Gasteiger partial charge in [0.2, 0.25) is 0 Å². The molecule has 0 N–H and O–H groups in total. The van der Waals surface area contributed by atoms with E-state index in [2.05, 4.69) is 26.1 Å². The molecule has 2 rings (SSSR count). The van der Waals surface area contributed by atoms with Gasteiger partial charge in [-0.2, -0.15) is 16.9 Å². The van der Waals surface area contributed by atoms with Crippen molar-refractivity contribution in [3.8, 4) is 0 Å². The Kier molecular flexibility index (Phi) is 3.68. The molecule has 0 radical (unpaired) electrons. The van der Waals surface area contributed by atoms with Gasteiger partial charge in [-0.15, -0.1) is 5.10 Å². The molecule has 1 fully saturated rings. The molecule has 0 atom stereocenters. The van der Waals surface area contributed by atoms with Crippen LogP contribution >= 0.6 is 39.3 Å². The highest BCUT2D eigenvalue weighted by atomic mass is 79.9. The van der Waals surface area contributed by atoms with E-state index in [0.29, 0.717) is 11.1 Å². The maximum atomic E-state index is 5.79. The van der Waals surface area contributed by atoms with Crippen LogP contribution in [0, 0.1) is 0 Å². The van der Waals surface area contributed by atoms with Gasteiger partial charge in [0.05, 0.1) is 10.2 Å². The lowest BCUT2D eigenvalue weighted by molar-refractivity contribution is 0.608. The zero-order chi connectivity index (χ0) is 9.97. The Hall–Kier alpha value is 0.200. The van der Waals surface area contributed by atoms with Crippen LogP contribution in [0.3, 0.4) is 0 Å². The molecule has 1 aromatic heterocycles. The van der Waals surface area contributed by atoms with Crippen molar-refractivity contribution in [2.24, 2.45) is 0 Å². The number of nitrogens with zero attached hydrogens (tertiary/aromatic N) is 2. The third-order valence-electron chi connectivity index (χ3n) is 2.36. The highest BCUT2D eigenvalue weighted by Gasteiger charge is 2.18. The summed E-state index contributed by atoms with van der Waals surface area (Å²) >= 11 is 11.2. The van der Waals surface area contributed by atoms with Crippen LogP contribution in [0.2, 0.25) is 5.15 Å². The van der Waals surface area contributed by atoms with E-state index in [9.17, 15) is 0 Å². The third kappa shape index (κ3) is 2.41. The molecule has 76 valence electrons. The van der Waals surface area contributed by atoms with Crippen molar-refractivity contribution in [2.75, 3.05) is 11.5 Å². The Morgan fingerprint density at radius 2 is 2.07 bits per heavy atom. The van der Waals surface area contributed by atoms with Crippen LogP contribution in [0.25, 0.3) is 0 Å². The first kappa shape index (κ1) is 10.7. The Labute approximate surface area is 101 Å². The molecule has 2 heterocycles. The molecule has 0 bridgehead atoms. The van der Waals surface area contributed by atoms with Gasteiger partial charge in [0.1, 0.15) is 0 Å². The minimum atomic E-state index is 0.443. The fraction of sp³-hybridized carbons (Fsp3) is 0.556. The summed E-state index contributed by atoms with van der Waals surface area (Å²) in [5.41, 5.74) is 1.07. The molecular formula is C9H10BrClN2S. The van der Waals surface area contributed by atoms with Crippen molar-refractivity contribution in [2.45, 2.75) is 18.8 Å². The maximum absolute atomic E-state index is 5.79. The first-order chi connectivity index (χ1) is 6.77. The zero-order valence-electron chi connectivity index (χ0n) is 7.54. The molecule has 2 nitrogen and oxygen atoms in total. The lowest BCUT2D eigenvalue weighted by Crippen LogP contribution is -2.10. The summed E-state index contributed by atoms with van der Waals surface area (Å²) in [6.07, 6.45) is 2.40. The van der Waals surface area contributed by atoms with Crippen LogP contribution < -0.4 is 0 Å². The summed E-state index contributed by atoms with van der Waals surface area (Å²) in [6.45, 7) is 0. The number of hydrogen-bond donors (Lipinski definition) is 0. The quantitative estimate of drug-likeness (QED) is 0.792. The van der Waals surface area contributed by atoms with E-state index < -0.39 is 0 Å². The van der Waals surface area contributed by atoms with Gasteiger partial charge in [0, 0.05) is 5.92 Å². The fourth-order valence-electron chi connectivity index (χ4n) is 1.56. The molecule has 0 unspecified atom stereocenters. The molecule has 1 aliphatic heterocycles. The van der Waals surface area contributed by atoms with E-state index in [-0.39, 0.29) is 0 Å². The lowest BCUT2D eigenvalue weighted by atomic mass is 9.99. The molecule has 5 heteroatoms. The minimum Gasteiger partial charge on any atom is -0.162 e. The Morgan fingerprint density at radius 3 is 2.71 bits per heavy atom. The molecule has 0 aromatic carbocycles. The van der Waals surface area contributed by atoms with Crippen molar-refractivity contribution < 1.29 is 0 Å². The van der Waals surface area contributed by atoms with Gasteiger partial charge in [0.25, 0.3) is 0 Å². The summed E-state index contributed by atoms with van der Waals surface area (Å²) < 4.78 is 0.849. The zero-order valence-corrected chi connectivity index (χ0v) is 10.7. The SMILES string of the molecule is Clc1nnc(C2CCSCC2)cc1Br. The van der Waals surface area contributed by atoms with Crippen molar-refractivity contribution in [1.29, 1.82) is 0 Å². The van der Waals surface area contributed by atoms with Crippen LogP contribution in [-0.2, 0) is 0 Å². The molecule has 0 amide bonds. The van der Waals surface area contributed by atoms with Crippen molar-refractivity contribution in [1.82, 2.24) is 10.2 Å². The number of halogens is 2. The second kappa shape index (κ2) is 4.81. The maximum Gasteiger partial charge on any atom is 0.165 e. The van der Waals surface area contributed by atoms with E-state index in [1.54, 1.807) is 0 Å². The van der Waals surface area contributed by atoms with Gasteiger partial charge in [-0.25, -0.2) is 0 Å². The average Bonchev–Trinajstić information content (AvgIpc) is 2.23. The van der Waals surface area contributed by atoms with Gasteiger partial charge in [-0.05, 0) is 46.3 Å². The Balaban J connectivity index is 2.18. The highest BCUT2D eigenvalue weighted by molar-refractivity contribution is 9.10. The van der Waals surface area contributed by atoms with Crippen LogP contribution in [0.1, 0.15) is 24.5 Å². The molecule has 1 aliphatic rings. The minimum absolute atomic E-state index is 0.443. The second-order valence-electron chi connectivity index (χ2n) is 3.29.